The van der Waals surface area contributed by atoms with Crippen LogP contribution >= 0.6 is 0 Å². The first kappa shape index (κ1) is 26.0. The van der Waals surface area contributed by atoms with Crippen molar-refractivity contribution in [1.82, 2.24) is 9.80 Å². The first-order valence-corrected chi connectivity index (χ1v) is 10.8. The van der Waals surface area contributed by atoms with Gasteiger partial charge in [-0.25, -0.2) is 4.79 Å². The van der Waals surface area contributed by atoms with Crippen LogP contribution in [0.2, 0.25) is 0 Å². The van der Waals surface area contributed by atoms with Crippen LogP contribution in [0.4, 0.5) is 13.2 Å². The van der Waals surface area contributed by atoms with Crippen molar-refractivity contribution in [2.45, 2.75) is 25.2 Å². The first-order valence-electron chi connectivity index (χ1n) is 10.8. The second kappa shape index (κ2) is 11.2. The molecule has 0 aromatic heterocycles. The van der Waals surface area contributed by atoms with Gasteiger partial charge in [-0.1, -0.05) is 6.07 Å². The zero-order valence-corrected chi connectivity index (χ0v) is 19.0. The molecule has 12 heteroatoms. The van der Waals surface area contributed by atoms with Crippen LogP contribution in [0.15, 0.2) is 18.2 Å². The van der Waals surface area contributed by atoms with Crippen LogP contribution in [0, 0.1) is 11.8 Å². The summed E-state index contributed by atoms with van der Waals surface area (Å²) in [6, 6.07) is 6.17. The number of likely N-dealkylation sites (tertiary alicyclic amines) is 1. The molecule has 1 N–H and O–H groups in total. The summed E-state index contributed by atoms with van der Waals surface area (Å²) in [5, 5.41) is 7.12. The average Bonchev–Trinajstić information content (AvgIpc) is 3.47. The van der Waals surface area contributed by atoms with Crippen molar-refractivity contribution in [2.75, 3.05) is 53.8 Å². The number of alkyl halides is 3. The van der Waals surface area contributed by atoms with Gasteiger partial charge in [-0.3, -0.25) is 9.69 Å². The monoisotopic (exact) mass is 490 g/mol. The van der Waals surface area contributed by atoms with Crippen LogP contribution in [0.5, 0.6) is 11.5 Å². The van der Waals surface area contributed by atoms with Crippen LogP contribution in [0.1, 0.15) is 12.0 Å². The summed E-state index contributed by atoms with van der Waals surface area (Å²) >= 11 is 0. The third-order valence-electron chi connectivity index (χ3n) is 5.96. The van der Waals surface area contributed by atoms with Gasteiger partial charge < -0.3 is 29.0 Å². The SMILES string of the molecule is CN(C)C(=O)COCC[C@H]1CO[C@H]2CN(Cc3ccc4c(c3)OCO4)C[C@@H]12.O=C(O)C(F)(F)F. The van der Waals surface area contributed by atoms with Gasteiger partial charge >= 0.3 is 12.1 Å². The van der Waals surface area contributed by atoms with E-state index in [2.05, 4.69) is 17.0 Å². The van der Waals surface area contributed by atoms with Gasteiger partial charge in [0.2, 0.25) is 12.7 Å². The van der Waals surface area contributed by atoms with Gasteiger partial charge in [-0.15, -0.1) is 0 Å². The van der Waals surface area contributed by atoms with E-state index in [4.69, 9.17) is 28.8 Å². The number of amides is 1. The Hall–Kier alpha value is -2.57. The summed E-state index contributed by atoms with van der Waals surface area (Å²) in [4.78, 5) is 24.5. The molecule has 0 radical (unpaired) electrons. The second-order valence-electron chi connectivity index (χ2n) is 8.61. The van der Waals surface area contributed by atoms with Gasteiger partial charge in [0.15, 0.2) is 11.5 Å². The molecule has 34 heavy (non-hydrogen) atoms. The molecule has 190 valence electrons. The summed E-state index contributed by atoms with van der Waals surface area (Å²) in [6.45, 7) is 4.79. The van der Waals surface area contributed by atoms with Crippen molar-refractivity contribution < 1.29 is 46.8 Å². The zero-order chi connectivity index (χ0) is 24.9. The molecule has 9 nitrogen and oxygen atoms in total. The lowest BCUT2D eigenvalue weighted by Gasteiger charge is -2.20. The number of likely N-dealkylation sites (N-methyl/N-ethyl adjacent to an activating group) is 1. The van der Waals surface area contributed by atoms with Crippen molar-refractivity contribution in [3.63, 3.8) is 0 Å². The van der Waals surface area contributed by atoms with E-state index in [1.54, 1.807) is 19.0 Å². The number of hydrogen-bond donors (Lipinski definition) is 1. The van der Waals surface area contributed by atoms with E-state index in [0.29, 0.717) is 31.3 Å². The van der Waals surface area contributed by atoms with E-state index in [9.17, 15) is 18.0 Å². The molecule has 3 heterocycles. The number of hydrogen-bond acceptors (Lipinski definition) is 7. The number of nitrogens with zero attached hydrogens (tertiary/aromatic N) is 2. The van der Waals surface area contributed by atoms with Crippen LogP contribution in [0.25, 0.3) is 0 Å². The normalized spacial score (nSPS) is 23.3. The number of carbonyl (C=O) groups excluding carboxylic acids is 1. The van der Waals surface area contributed by atoms with E-state index in [-0.39, 0.29) is 12.5 Å². The number of halogens is 3. The highest BCUT2D eigenvalue weighted by Crippen LogP contribution is 2.37. The fourth-order valence-electron chi connectivity index (χ4n) is 4.13. The third kappa shape index (κ3) is 6.97. The Morgan fingerprint density at radius 1 is 1.21 bits per heavy atom. The molecule has 1 aromatic carbocycles. The Kier molecular flexibility index (Phi) is 8.61. The molecular formula is C22H29F3N2O7. The Morgan fingerprint density at radius 3 is 2.59 bits per heavy atom. The molecule has 0 bridgehead atoms. The molecule has 3 aliphatic heterocycles. The van der Waals surface area contributed by atoms with E-state index < -0.39 is 12.1 Å². The highest BCUT2D eigenvalue weighted by Gasteiger charge is 2.43. The van der Waals surface area contributed by atoms with Crippen molar-refractivity contribution >= 4 is 11.9 Å². The van der Waals surface area contributed by atoms with Gasteiger partial charge in [0, 0.05) is 46.3 Å². The smallest absolute Gasteiger partial charge is 0.475 e. The summed E-state index contributed by atoms with van der Waals surface area (Å²) in [5.41, 5.74) is 1.24. The summed E-state index contributed by atoms with van der Waals surface area (Å²) in [6.07, 6.45) is -3.83. The molecule has 2 saturated heterocycles. The Balaban J connectivity index is 0.000000406. The maximum absolute atomic E-state index is 11.6. The number of rotatable bonds is 7. The van der Waals surface area contributed by atoms with E-state index in [0.717, 1.165) is 44.2 Å². The number of ether oxygens (including phenoxy) is 4. The van der Waals surface area contributed by atoms with Gasteiger partial charge in [0.1, 0.15) is 6.61 Å². The number of carboxylic acid groups (broad SMARTS) is 1. The molecular weight excluding hydrogens is 461 g/mol. The predicted molar refractivity (Wildman–Crippen MR) is 112 cm³/mol. The van der Waals surface area contributed by atoms with Gasteiger partial charge in [0.25, 0.3) is 0 Å². The van der Waals surface area contributed by atoms with Crippen molar-refractivity contribution in [3.8, 4) is 11.5 Å². The molecule has 0 spiro atoms. The van der Waals surface area contributed by atoms with E-state index in [1.165, 1.54) is 5.56 Å². The minimum atomic E-state index is -5.08. The molecule has 0 aliphatic carbocycles. The summed E-state index contributed by atoms with van der Waals surface area (Å²) in [5.74, 6) is -0.0317. The molecule has 4 rings (SSSR count). The molecule has 0 saturated carbocycles. The maximum atomic E-state index is 11.6. The quantitative estimate of drug-likeness (QED) is 0.580. The molecule has 0 unspecified atom stereocenters. The summed E-state index contributed by atoms with van der Waals surface area (Å²) in [7, 11) is 3.49. The standard InChI is InChI=1S/C20H28N2O5.C2HF3O2/c1-21(2)20(23)12-24-6-5-15-11-25-19-10-22(9-16(15)19)8-14-3-4-17-18(7-14)27-13-26-17;3-2(4,5)1(6)7/h3-4,7,15-16,19H,5-6,8-13H2,1-2H3;(H,6,7)/t15-,16-,19-;/m0./s1. The minimum absolute atomic E-state index is 0.00585. The number of carboxylic acids is 1. The second-order valence-corrected chi connectivity index (χ2v) is 8.61. The van der Waals surface area contributed by atoms with Gasteiger partial charge in [-0.05, 0) is 30.0 Å². The van der Waals surface area contributed by atoms with Crippen molar-refractivity contribution in [3.05, 3.63) is 23.8 Å². The third-order valence-corrected chi connectivity index (χ3v) is 5.96. The summed E-state index contributed by atoms with van der Waals surface area (Å²) < 4.78 is 54.2. The Morgan fingerprint density at radius 2 is 1.91 bits per heavy atom. The lowest BCUT2D eigenvalue weighted by atomic mass is 9.91. The largest absolute Gasteiger partial charge is 0.490 e. The van der Waals surface area contributed by atoms with Gasteiger partial charge in [0.05, 0.1) is 12.7 Å². The Labute approximate surface area is 195 Å². The molecule has 1 aromatic rings. The van der Waals surface area contributed by atoms with Crippen molar-refractivity contribution in [1.29, 1.82) is 0 Å². The topological polar surface area (TPSA) is 97.8 Å². The Bertz CT molecular complexity index is 865. The van der Waals surface area contributed by atoms with E-state index in [1.807, 2.05) is 6.07 Å². The van der Waals surface area contributed by atoms with Crippen LogP contribution in [-0.4, -0.2) is 92.9 Å². The number of aliphatic carboxylic acids is 1. The predicted octanol–water partition coefficient (Wildman–Crippen LogP) is 1.99. The highest BCUT2D eigenvalue weighted by molar-refractivity contribution is 5.76. The van der Waals surface area contributed by atoms with Crippen molar-refractivity contribution in [2.24, 2.45) is 11.8 Å². The van der Waals surface area contributed by atoms with E-state index >= 15 is 0 Å². The number of carbonyl (C=O) groups is 2. The van der Waals surface area contributed by atoms with Crippen LogP contribution in [-0.2, 0) is 25.6 Å². The molecule has 3 aliphatic rings. The van der Waals surface area contributed by atoms with Crippen LogP contribution < -0.4 is 9.47 Å². The zero-order valence-electron chi connectivity index (χ0n) is 19.0. The lowest BCUT2D eigenvalue weighted by Crippen LogP contribution is -2.27. The average molecular weight is 490 g/mol. The van der Waals surface area contributed by atoms with Gasteiger partial charge in [-0.2, -0.15) is 13.2 Å². The number of fused-ring (bicyclic) bond motifs is 2. The highest BCUT2D eigenvalue weighted by atomic mass is 19.4. The number of benzene rings is 1. The molecule has 1 amide bonds. The molecule has 3 atom stereocenters. The van der Waals surface area contributed by atoms with Crippen LogP contribution in [0.3, 0.4) is 0 Å². The fraction of sp³-hybridized carbons (Fsp3) is 0.636. The molecule has 2 fully saturated rings. The minimum Gasteiger partial charge on any atom is -0.475 e. The first-order chi connectivity index (χ1) is 16.0. The maximum Gasteiger partial charge on any atom is 0.490 e. The lowest BCUT2D eigenvalue weighted by molar-refractivity contribution is -0.192. The fourth-order valence-corrected chi connectivity index (χ4v) is 4.13.